The molecule has 0 radical (unpaired) electrons. The molecule has 0 saturated heterocycles. The number of hydrogen-bond donors (Lipinski definition) is 0. The lowest BCUT2D eigenvalue weighted by molar-refractivity contribution is 0.0889. The van der Waals surface area contributed by atoms with Crippen LogP contribution in [0.15, 0.2) is 63.8 Å². The van der Waals surface area contributed by atoms with E-state index in [9.17, 15) is 4.79 Å². The van der Waals surface area contributed by atoms with Gasteiger partial charge in [-0.15, -0.1) is 0 Å². The van der Waals surface area contributed by atoms with Crippen molar-refractivity contribution in [1.82, 2.24) is 0 Å². The molecule has 2 aromatic carbocycles. The van der Waals surface area contributed by atoms with Crippen molar-refractivity contribution in [2.75, 3.05) is 13.2 Å². The Hall–Kier alpha value is -2.59. The maximum absolute atomic E-state index is 11.3. The van der Waals surface area contributed by atoms with Crippen LogP contribution in [-0.2, 0) is 11.3 Å². The highest BCUT2D eigenvalue weighted by atomic mass is 16.5. The Morgan fingerprint density at radius 2 is 1.83 bits per heavy atom. The fourth-order valence-corrected chi connectivity index (χ4v) is 2.37. The molecule has 3 rings (SSSR count). The van der Waals surface area contributed by atoms with Crippen molar-refractivity contribution in [1.29, 1.82) is 0 Å². The fourth-order valence-electron chi connectivity index (χ4n) is 2.37. The lowest BCUT2D eigenvalue weighted by atomic mass is 10.1. The molecule has 4 heteroatoms. The van der Waals surface area contributed by atoms with E-state index in [4.69, 9.17) is 13.9 Å². The number of hydrogen-bond acceptors (Lipinski definition) is 4. The van der Waals surface area contributed by atoms with E-state index < -0.39 is 0 Å². The van der Waals surface area contributed by atoms with Gasteiger partial charge in [-0.1, -0.05) is 30.3 Å². The van der Waals surface area contributed by atoms with E-state index in [0.29, 0.717) is 25.4 Å². The van der Waals surface area contributed by atoms with Crippen molar-refractivity contribution in [2.24, 2.45) is 0 Å². The average molecular weight is 310 g/mol. The van der Waals surface area contributed by atoms with Gasteiger partial charge in [0.05, 0.1) is 13.2 Å². The van der Waals surface area contributed by atoms with E-state index in [1.54, 1.807) is 12.1 Å². The van der Waals surface area contributed by atoms with Gasteiger partial charge >= 0.3 is 5.63 Å². The summed E-state index contributed by atoms with van der Waals surface area (Å²) in [6.07, 6.45) is 0. The molecule has 0 fully saturated rings. The van der Waals surface area contributed by atoms with Gasteiger partial charge in [-0.3, -0.25) is 0 Å². The van der Waals surface area contributed by atoms with Gasteiger partial charge < -0.3 is 13.9 Å². The van der Waals surface area contributed by atoms with Crippen LogP contribution in [0.4, 0.5) is 0 Å². The monoisotopic (exact) mass is 310 g/mol. The van der Waals surface area contributed by atoms with Gasteiger partial charge in [-0.2, -0.15) is 0 Å². The van der Waals surface area contributed by atoms with Crippen LogP contribution in [0.3, 0.4) is 0 Å². The van der Waals surface area contributed by atoms with Crippen LogP contribution < -0.4 is 10.4 Å². The number of aryl methyl sites for hydroxylation is 1. The van der Waals surface area contributed by atoms with Crippen LogP contribution >= 0.6 is 0 Å². The van der Waals surface area contributed by atoms with Crippen LogP contribution in [0, 0.1) is 6.92 Å². The molecule has 0 aliphatic rings. The van der Waals surface area contributed by atoms with Gasteiger partial charge in [-0.25, -0.2) is 4.79 Å². The van der Waals surface area contributed by atoms with Gasteiger partial charge in [0, 0.05) is 11.5 Å². The number of ether oxygens (including phenoxy) is 2. The summed E-state index contributed by atoms with van der Waals surface area (Å²) in [4.78, 5) is 11.3. The lowest BCUT2D eigenvalue weighted by Crippen LogP contribution is -2.06. The molecular formula is C19H18O4. The van der Waals surface area contributed by atoms with Gasteiger partial charge in [0.2, 0.25) is 0 Å². The number of benzene rings is 2. The zero-order valence-corrected chi connectivity index (χ0v) is 13.0. The van der Waals surface area contributed by atoms with E-state index in [2.05, 4.69) is 0 Å². The fraction of sp³-hybridized carbons (Fsp3) is 0.211. The first-order valence-corrected chi connectivity index (χ1v) is 7.51. The molecule has 3 aromatic rings. The summed E-state index contributed by atoms with van der Waals surface area (Å²) >= 11 is 0. The van der Waals surface area contributed by atoms with Crippen LogP contribution in [0.25, 0.3) is 11.0 Å². The smallest absolute Gasteiger partial charge is 0.336 e. The Labute approximate surface area is 134 Å². The summed E-state index contributed by atoms with van der Waals surface area (Å²) in [6.45, 7) is 3.43. The summed E-state index contributed by atoms with van der Waals surface area (Å²) in [7, 11) is 0. The van der Waals surface area contributed by atoms with Gasteiger partial charge in [0.1, 0.15) is 17.9 Å². The molecule has 118 valence electrons. The molecule has 0 N–H and O–H groups in total. The molecule has 0 spiro atoms. The summed E-state index contributed by atoms with van der Waals surface area (Å²) in [5, 5.41) is 0.882. The quantitative estimate of drug-likeness (QED) is 0.514. The molecule has 0 amide bonds. The first kappa shape index (κ1) is 15.3. The zero-order chi connectivity index (χ0) is 16.1. The van der Waals surface area contributed by atoms with E-state index >= 15 is 0 Å². The SMILES string of the molecule is Cc1cc(=O)oc2ccc(OCCOCc3ccccc3)cc12. The van der Waals surface area contributed by atoms with Crippen LogP contribution in [0.5, 0.6) is 5.75 Å². The van der Waals surface area contributed by atoms with Crippen molar-refractivity contribution in [3.05, 3.63) is 76.1 Å². The summed E-state index contributed by atoms with van der Waals surface area (Å²) in [5.41, 5.74) is 2.26. The van der Waals surface area contributed by atoms with Gasteiger partial charge in [-0.05, 0) is 36.2 Å². The third-order valence-corrected chi connectivity index (χ3v) is 3.53. The van der Waals surface area contributed by atoms with Crippen molar-refractivity contribution in [3.8, 4) is 5.75 Å². The topological polar surface area (TPSA) is 48.7 Å². The molecule has 0 saturated carbocycles. The van der Waals surface area contributed by atoms with Crippen molar-refractivity contribution < 1.29 is 13.9 Å². The first-order valence-electron chi connectivity index (χ1n) is 7.51. The normalized spacial score (nSPS) is 10.8. The Balaban J connectivity index is 1.54. The van der Waals surface area contributed by atoms with Crippen LogP contribution in [0.2, 0.25) is 0 Å². The van der Waals surface area contributed by atoms with Crippen molar-refractivity contribution in [2.45, 2.75) is 13.5 Å². The van der Waals surface area contributed by atoms with Crippen molar-refractivity contribution in [3.63, 3.8) is 0 Å². The van der Waals surface area contributed by atoms with Crippen molar-refractivity contribution >= 4 is 11.0 Å². The minimum Gasteiger partial charge on any atom is -0.491 e. The van der Waals surface area contributed by atoms with E-state index in [-0.39, 0.29) is 5.63 Å². The van der Waals surface area contributed by atoms with Gasteiger partial charge in [0.15, 0.2) is 0 Å². The van der Waals surface area contributed by atoms with E-state index in [1.807, 2.05) is 43.3 Å². The second-order valence-electron chi connectivity index (χ2n) is 5.29. The molecule has 23 heavy (non-hydrogen) atoms. The number of fused-ring (bicyclic) bond motifs is 1. The predicted octanol–water partition coefficient (Wildman–Crippen LogP) is 3.70. The summed E-state index contributed by atoms with van der Waals surface area (Å²) in [5.74, 6) is 0.734. The minimum atomic E-state index is -0.335. The molecular weight excluding hydrogens is 292 g/mol. The maximum atomic E-state index is 11.3. The third kappa shape index (κ3) is 3.99. The molecule has 4 nitrogen and oxygen atoms in total. The highest BCUT2D eigenvalue weighted by Crippen LogP contribution is 2.22. The molecule has 0 aliphatic heterocycles. The largest absolute Gasteiger partial charge is 0.491 e. The molecule has 0 aliphatic carbocycles. The second-order valence-corrected chi connectivity index (χ2v) is 5.29. The van der Waals surface area contributed by atoms with E-state index in [0.717, 1.165) is 22.3 Å². The number of rotatable bonds is 6. The second kappa shape index (κ2) is 7.11. The highest BCUT2D eigenvalue weighted by molar-refractivity contribution is 5.81. The maximum Gasteiger partial charge on any atom is 0.336 e. The zero-order valence-electron chi connectivity index (χ0n) is 13.0. The highest BCUT2D eigenvalue weighted by Gasteiger charge is 2.04. The minimum absolute atomic E-state index is 0.335. The first-order chi connectivity index (χ1) is 11.2. The molecule has 0 atom stereocenters. The molecule has 1 aromatic heterocycles. The predicted molar refractivity (Wildman–Crippen MR) is 88.8 cm³/mol. The Kier molecular flexibility index (Phi) is 4.74. The lowest BCUT2D eigenvalue weighted by Gasteiger charge is -2.08. The molecule has 0 unspecified atom stereocenters. The Morgan fingerprint density at radius 3 is 2.65 bits per heavy atom. The average Bonchev–Trinajstić information content (AvgIpc) is 2.56. The van der Waals surface area contributed by atoms with Crippen LogP contribution in [-0.4, -0.2) is 13.2 Å². The molecule has 1 heterocycles. The third-order valence-electron chi connectivity index (χ3n) is 3.53. The standard InChI is InChI=1S/C19H18O4/c1-14-11-19(20)23-18-8-7-16(12-17(14)18)22-10-9-21-13-15-5-3-2-4-6-15/h2-8,11-12H,9-10,13H2,1H3. The van der Waals surface area contributed by atoms with Crippen LogP contribution in [0.1, 0.15) is 11.1 Å². The Morgan fingerprint density at radius 1 is 1.00 bits per heavy atom. The summed E-state index contributed by atoms with van der Waals surface area (Å²) < 4.78 is 16.4. The van der Waals surface area contributed by atoms with E-state index in [1.165, 1.54) is 6.07 Å². The molecule has 0 bridgehead atoms. The van der Waals surface area contributed by atoms with Gasteiger partial charge in [0.25, 0.3) is 0 Å². The summed E-state index contributed by atoms with van der Waals surface area (Å²) in [6, 6.07) is 16.9. The Bertz CT molecular complexity index is 837.